The number of hydrogen-bond acceptors (Lipinski definition) is 4. The third-order valence-electron chi connectivity index (χ3n) is 3.70. The lowest BCUT2D eigenvalue weighted by atomic mass is 10.1. The first-order chi connectivity index (χ1) is 8.26. The summed E-state index contributed by atoms with van der Waals surface area (Å²) in [6.45, 7) is 4.56. The van der Waals surface area contributed by atoms with Crippen LogP contribution in [0.2, 0.25) is 0 Å². The van der Waals surface area contributed by atoms with Gasteiger partial charge in [0.2, 0.25) is 0 Å². The fourth-order valence-electron chi connectivity index (χ4n) is 2.84. The predicted octanol–water partition coefficient (Wildman–Crippen LogP) is 1.22. The summed E-state index contributed by atoms with van der Waals surface area (Å²) in [5, 5.41) is 0. The van der Waals surface area contributed by atoms with Gasteiger partial charge in [-0.3, -0.25) is 4.98 Å². The summed E-state index contributed by atoms with van der Waals surface area (Å²) in [7, 11) is 0. The van der Waals surface area contributed by atoms with Crippen molar-refractivity contribution >= 4 is 5.69 Å². The highest BCUT2D eigenvalue weighted by molar-refractivity contribution is 5.54. The molecule has 3 rings (SSSR count). The Morgan fingerprint density at radius 2 is 2.12 bits per heavy atom. The SMILES string of the molecule is Cc1cc(N2CC3CCC(C2)O3)c(CN)cn1. The zero-order chi connectivity index (χ0) is 11.8. The van der Waals surface area contributed by atoms with Gasteiger partial charge >= 0.3 is 0 Å². The smallest absolute Gasteiger partial charge is 0.0755 e. The van der Waals surface area contributed by atoms with Crippen molar-refractivity contribution in [2.45, 2.75) is 38.5 Å². The Morgan fingerprint density at radius 1 is 1.41 bits per heavy atom. The zero-order valence-corrected chi connectivity index (χ0v) is 10.2. The Bertz CT molecular complexity index is 409. The fourth-order valence-corrected chi connectivity index (χ4v) is 2.84. The van der Waals surface area contributed by atoms with Gasteiger partial charge in [0.05, 0.1) is 12.2 Å². The van der Waals surface area contributed by atoms with Crippen LogP contribution in [0.3, 0.4) is 0 Å². The molecule has 92 valence electrons. The zero-order valence-electron chi connectivity index (χ0n) is 10.2. The number of rotatable bonds is 2. The highest BCUT2D eigenvalue weighted by Crippen LogP contribution is 2.31. The molecule has 1 aromatic heterocycles. The van der Waals surface area contributed by atoms with Crippen molar-refractivity contribution in [2.24, 2.45) is 5.73 Å². The summed E-state index contributed by atoms with van der Waals surface area (Å²) in [5.41, 5.74) is 9.23. The van der Waals surface area contributed by atoms with Crippen LogP contribution in [0.25, 0.3) is 0 Å². The molecule has 0 amide bonds. The first kappa shape index (κ1) is 11.0. The van der Waals surface area contributed by atoms with Gasteiger partial charge < -0.3 is 15.4 Å². The lowest BCUT2D eigenvalue weighted by Crippen LogP contribution is -2.43. The predicted molar refractivity (Wildman–Crippen MR) is 67.0 cm³/mol. The van der Waals surface area contributed by atoms with Crippen molar-refractivity contribution in [3.8, 4) is 0 Å². The number of fused-ring (bicyclic) bond motifs is 2. The molecule has 4 nitrogen and oxygen atoms in total. The summed E-state index contributed by atoms with van der Waals surface area (Å²) < 4.78 is 5.86. The summed E-state index contributed by atoms with van der Waals surface area (Å²) >= 11 is 0. The molecule has 17 heavy (non-hydrogen) atoms. The quantitative estimate of drug-likeness (QED) is 0.834. The van der Waals surface area contributed by atoms with E-state index >= 15 is 0 Å². The number of nitrogens with zero attached hydrogens (tertiary/aromatic N) is 2. The van der Waals surface area contributed by atoms with E-state index in [1.54, 1.807) is 0 Å². The Kier molecular flexibility index (Phi) is 2.76. The van der Waals surface area contributed by atoms with Gasteiger partial charge in [0.15, 0.2) is 0 Å². The molecule has 2 unspecified atom stereocenters. The largest absolute Gasteiger partial charge is 0.371 e. The molecule has 2 N–H and O–H groups in total. The van der Waals surface area contributed by atoms with E-state index in [-0.39, 0.29) is 0 Å². The average molecular weight is 233 g/mol. The van der Waals surface area contributed by atoms with Crippen molar-refractivity contribution < 1.29 is 4.74 Å². The molecule has 2 aliphatic heterocycles. The molecule has 2 aliphatic rings. The topological polar surface area (TPSA) is 51.4 Å². The fraction of sp³-hybridized carbons (Fsp3) is 0.615. The first-order valence-electron chi connectivity index (χ1n) is 6.32. The monoisotopic (exact) mass is 233 g/mol. The van der Waals surface area contributed by atoms with Gasteiger partial charge in [0, 0.05) is 42.8 Å². The lowest BCUT2D eigenvalue weighted by molar-refractivity contribution is 0.0304. The maximum Gasteiger partial charge on any atom is 0.0755 e. The second-order valence-corrected chi connectivity index (χ2v) is 5.02. The van der Waals surface area contributed by atoms with Crippen molar-refractivity contribution in [2.75, 3.05) is 18.0 Å². The molecule has 2 atom stereocenters. The Hall–Kier alpha value is -1.13. The first-order valence-corrected chi connectivity index (χ1v) is 6.32. The van der Waals surface area contributed by atoms with Crippen LogP contribution in [-0.2, 0) is 11.3 Å². The number of morpholine rings is 1. The van der Waals surface area contributed by atoms with Crippen LogP contribution in [0.1, 0.15) is 24.1 Å². The van der Waals surface area contributed by atoms with E-state index in [0.717, 1.165) is 24.3 Å². The minimum absolute atomic E-state index is 0.410. The van der Waals surface area contributed by atoms with E-state index < -0.39 is 0 Å². The Labute approximate surface area is 102 Å². The van der Waals surface area contributed by atoms with Crippen molar-refractivity contribution in [3.63, 3.8) is 0 Å². The standard InChI is InChI=1S/C13H19N3O/c1-9-4-13(10(5-14)6-15-9)16-7-11-2-3-12(8-16)17-11/h4,6,11-12H,2-3,5,7-8,14H2,1H3. The lowest BCUT2D eigenvalue weighted by Gasteiger charge is -2.35. The number of pyridine rings is 1. The molecular weight excluding hydrogens is 214 g/mol. The summed E-state index contributed by atoms with van der Waals surface area (Å²) in [6.07, 6.45) is 5.12. The molecule has 0 spiro atoms. The number of hydrogen-bond donors (Lipinski definition) is 1. The maximum absolute atomic E-state index is 5.86. The maximum atomic E-state index is 5.86. The van der Waals surface area contributed by atoms with Crippen molar-refractivity contribution in [1.82, 2.24) is 4.98 Å². The number of aryl methyl sites for hydroxylation is 1. The van der Waals surface area contributed by atoms with Gasteiger partial charge in [-0.2, -0.15) is 0 Å². The van der Waals surface area contributed by atoms with E-state index in [1.165, 1.54) is 18.5 Å². The normalized spacial score (nSPS) is 27.5. The van der Waals surface area contributed by atoms with Gasteiger partial charge in [0.25, 0.3) is 0 Å². The molecular formula is C13H19N3O. The molecule has 4 heteroatoms. The molecule has 2 bridgehead atoms. The van der Waals surface area contributed by atoms with Gasteiger partial charge in [-0.15, -0.1) is 0 Å². The number of anilines is 1. The molecule has 0 aromatic carbocycles. The van der Waals surface area contributed by atoms with Crippen LogP contribution in [0, 0.1) is 6.92 Å². The van der Waals surface area contributed by atoms with Gasteiger partial charge in [-0.25, -0.2) is 0 Å². The van der Waals surface area contributed by atoms with E-state index in [0.29, 0.717) is 18.8 Å². The molecule has 0 saturated carbocycles. The second-order valence-electron chi connectivity index (χ2n) is 5.02. The molecule has 0 aliphatic carbocycles. The number of nitrogens with two attached hydrogens (primary N) is 1. The Morgan fingerprint density at radius 3 is 2.76 bits per heavy atom. The van der Waals surface area contributed by atoms with Gasteiger partial charge in [-0.05, 0) is 25.8 Å². The third kappa shape index (κ3) is 2.03. The van der Waals surface area contributed by atoms with E-state index in [4.69, 9.17) is 10.5 Å². The summed E-state index contributed by atoms with van der Waals surface area (Å²) in [4.78, 5) is 6.74. The highest BCUT2D eigenvalue weighted by Gasteiger charge is 2.34. The van der Waals surface area contributed by atoms with E-state index in [1.807, 2.05) is 13.1 Å². The van der Waals surface area contributed by atoms with Crippen LogP contribution < -0.4 is 10.6 Å². The molecule has 1 aromatic rings. The third-order valence-corrected chi connectivity index (χ3v) is 3.70. The van der Waals surface area contributed by atoms with Gasteiger partial charge in [-0.1, -0.05) is 0 Å². The second kappa shape index (κ2) is 4.27. The minimum atomic E-state index is 0.410. The molecule has 3 heterocycles. The average Bonchev–Trinajstić information content (AvgIpc) is 2.68. The Balaban J connectivity index is 1.90. The van der Waals surface area contributed by atoms with Crippen LogP contribution in [0.15, 0.2) is 12.3 Å². The van der Waals surface area contributed by atoms with Crippen LogP contribution in [0.4, 0.5) is 5.69 Å². The highest BCUT2D eigenvalue weighted by atomic mass is 16.5. The number of aromatic nitrogens is 1. The number of ether oxygens (including phenoxy) is 1. The van der Waals surface area contributed by atoms with E-state index in [9.17, 15) is 0 Å². The van der Waals surface area contributed by atoms with Crippen LogP contribution >= 0.6 is 0 Å². The van der Waals surface area contributed by atoms with Gasteiger partial charge in [0.1, 0.15) is 0 Å². The van der Waals surface area contributed by atoms with Crippen molar-refractivity contribution in [3.05, 3.63) is 23.5 Å². The van der Waals surface area contributed by atoms with E-state index in [2.05, 4.69) is 16.0 Å². The summed E-state index contributed by atoms with van der Waals surface area (Å²) in [6, 6.07) is 2.15. The van der Waals surface area contributed by atoms with Crippen molar-refractivity contribution in [1.29, 1.82) is 0 Å². The molecule has 2 fully saturated rings. The molecule has 2 saturated heterocycles. The summed E-state index contributed by atoms with van der Waals surface area (Å²) in [5.74, 6) is 0. The molecule has 0 radical (unpaired) electrons. The van der Waals surface area contributed by atoms with Crippen LogP contribution in [0.5, 0.6) is 0 Å². The van der Waals surface area contributed by atoms with Crippen LogP contribution in [-0.4, -0.2) is 30.3 Å². The minimum Gasteiger partial charge on any atom is -0.371 e.